The van der Waals surface area contributed by atoms with Crippen molar-refractivity contribution >= 4 is 6.08 Å². The molecule has 1 heterocycles. The van der Waals surface area contributed by atoms with E-state index in [0.717, 1.165) is 25.2 Å². The zero-order chi connectivity index (χ0) is 11.4. The molecule has 1 aromatic carbocycles. The molecule has 0 radical (unpaired) electrons. The predicted octanol–water partition coefficient (Wildman–Crippen LogP) is 2.88. The van der Waals surface area contributed by atoms with E-state index in [1.807, 2.05) is 12.1 Å². The van der Waals surface area contributed by atoms with Gasteiger partial charge in [-0.1, -0.05) is 18.2 Å². The molecule has 2 nitrogen and oxygen atoms in total. The molecular weight excluding hydrogens is 207 g/mol. The summed E-state index contributed by atoms with van der Waals surface area (Å²) < 4.78 is 23.5. The Kier molecular flexibility index (Phi) is 3.57. The highest BCUT2D eigenvalue weighted by Crippen LogP contribution is 2.20. The van der Waals surface area contributed by atoms with Crippen LogP contribution in [0.2, 0.25) is 0 Å². The average Bonchev–Trinajstić information content (AvgIpc) is 2.79. The topological polar surface area (TPSA) is 18.5 Å². The molecule has 1 aliphatic rings. The van der Waals surface area contributed by atoms with Crippen LogP contribution in [0.1, 0.15) is 12.0 Å². The van der Waals surface area contributed by atoms with Crippen LogP contribution in [-0.4, -0.2) is 20.3 Å². The molecule has 0 spiro atoms. The molecule has 1 saturated heterocycles. The SMILES string of the molecule is COc1ccc(/C=C/C2CCOC2)cc1F. The van der Waals surface area contributed by atoms with Crippen molar-refractivity contribution in [2.24, 2.45) is 5.92 Å². The van der Waals surface area contributed by atoms with Crippen LogP contribution in [0, 0.1) is 11.7 Å². The average molecular weight is 222 g/mol. The molecule has 0 saturated carbocycles. The van der Waals surface area contributed by atoms with Crippen LogP contribution in [0.25, 0.3) is 6.08 Å². The maximum atomic E-state index is 13.4. The minimum absolute atomic E-state index is 0.279. The van der Waals surface area contributed by atoms with E-state index in [4.69, 9.17) is 9.47 Å². The van der Waals surface area contributed by atoms with Crippen LogP contribution < -0.4 is 4.74 Å². The molecule has 0 aromatic heterocycles. The Labute approximate surface area is 94.7 Å². The number of ether oxygens (including phenoxy) is 2. The van der Waals surface area contributed by atoms with Crippen molar-refractivity contribution in [2.75, 3.05) is 20.3 Å². The van der Waals surface area contributed by atoms with Crippen LogP contribution in [-0.2, 0) is 4.74 Å². The summed E-state index contributed by atoms with van der Waals surface area (Å²) in [6, 6.07) is 4.96. The molecule has 1 fully saturated rings. The van der Waals surface area contributed by atoms with E-state index in [-0.39, 0.29) is 11.6 Å². The highest BCUT2D eigenvalue weighted by Gasteiger charge is 2.11. The van der Waals surface area contributed by atoms with Crippen LogP contribution in [0.15, 0.2) is 24.3 Å². The highest BCUT2D eigenvalue weighted by molar-refractivity contribution is 5.51. The standard InChI is InChI=1S/C13H15FO2/c1-15-13-5-4-10(8-12(13)14)2-3-11-6-7-16-9-11/h2-5,8,11H,6-7,9H2,1H3/b3-2+. The molecule has 0 amide bonds. The highest BCUT2D eigenvalue weighted by atomic mass is 19.1. The lowest BCUT2D eigenvalue weighted by Gasteiger charge is -2.03. The monoisotopic (exact) mass is 222 g/mol. The Hall–Kier alpha value is -1.35. The van der Waals surface area contributed by atoms with E-state index in [9.17, 15) is 4.39 Å². The van der Waals surface area contributed by atoms with Gasteiger partial charge in [0.25, 0.3) is 0 Å². The molecule has 1 aromatic rings. The van der Waals surface area contributed by atoms with Crippen LogP contribution in [0.3, 0.4) is 0 Å². The van der Waals surface area contributed by atoms with Crippen molar-refractivity contribution < 1.29 is 13.9 Å². The van der Waals surface area contributed by atoms with Gasteiger partial charge in [0.15, 0.2) is 11.6 Å². The quantitative estimate of drug-likeness (QED) is 0.783. The van der Waals surface area contributed by atoms with Gasteiger partial charge in [-0.25, -0.2) is 4.39 Å². The van der Waals surface area contributed by atoms with E-state index >= 15 is 0 Å². The number of rotatable bonds is 3. The van der Waals surface area contributed by atoms with Crippen LogP contribution in [0.4, 0.5) is 4.39 Å². The number of hydrogen-bond acceptors (Lipinski definition) is 2. The lowest BCUT2D eigenvalue weighted by atomic mass is 10.1. The van der Waals surface area contributed by atoms with Crippen molar-refractivity contribution in [1.29, 1.82) is 0 Å². The van der Waals surface area contributed by atoms with Gasteiger partial charge >= 0.3 is 0 Å². The van der Waals surface area contributed by atoms with Gasteiger partial charge in [0.2, 0.25) is 0 Å². The summed E-state index contributed by atoms with van der Waals surface area (Å²) in [6.45, 7) is 1.60. The summed E-state index contributed by atoms with van der Waals surface area (Å²) in [6.07, 6.45) is 5.06. The van der Waals surface area contributed by atoms with Gasteiger partial charge in [-0.3, -0.25) is 0 Å². The fourth-order valence-electron chi connectivity index (χ4n) is 1.74. The molecule has 1 atom stereocenters. The van der Waals surface area contributed by atoms with Crippen LogP contribution >= 0.6 is 0 Å². The Morgan fingerprint density at radius 2 is 2.38 bits per heavy atom. The first-order valence-electron chi connectivity index (χ1n) is 5.39. The summed E-state index contributed by atoms with van der Waals surface area (Å²) in [7, 11) is 1.46. The Bertz CT molecular complexity index is 382. The maximum Gasteiger partial charge on any atom is 0.165 e. The van der Waals surface area contributed by atoms with E-state index in [1.165, 1.54) is 13.2 Å². The molecule has 16 heavy (non-hydrogen) atoms. The van der Waals surface area contributed by atoms with Crippen molar-refractivity contribution in [2.45, 2.75) is 6.42 Å². The summed E-state index contributed by atoms with van der Waals surface area (Å²) in [4.78, 5) is 0. The van der Waals surface area contributed by atoms with Crippen LogP contribution in [0.5, 0.6) is 5.75 Å². The molecule has 2 rings (SSSR count). The van der Waals surface area contributed by atoms with Gasteiger partial charge in [-0.2, -0.15) is 0 Å². The third-order valence-electron chi connectivity index (χ3n) is 2.70. The predicted molar refractivity (Wildman–Crippen MR) is 60.9 cm³/mol. The lowest BCUT2D eigenvalue weighted by Crippen LogP contribution is -1.93. The van der Waals surface area contributed by atoms with E-state index < -0.39 is 0 Å². The second-order valence-corrected chi connectivity index (χ2v) is 3.88. The van der Waals surface area contributed by atoms with Crippen molar-refractivity contribution in [3.05, 3.63) is 35.7 Å². The molecule has 0 N–H and O–H groups in total. The molecule has 1 unspecified atom stereocenters. The van der Waals surface area contributed by atoms with Gasteiger partial charge in [-0.05, 0) is 24.1 Å². The number of hydrogen-bond donors (Lipinski definition) is 0. The zero-order valence-corrected chi connectivity index (χ0v) is 9.28. The molecule has 86 valence electrons. The fraction of sp³-hybridized carbons (Fsp3) is 0.385. The number of methoxy groups -OCH3 is 1. The van der Waals surface area contributed by atoms with E-state index in [1.54, 1.807) is 6.07 Å². The lowest BCUT2D eigenvalue weighted by molar-refractivity contribution is 0.191. The Balaban J connectivity index is 2.06. The van der Waals surface area contributed by atoms with Crippen molar-refractivity contribution in [3.8, 4) is 5.75 Å². The van der Waals surface area contributed by atoms with Crippen molar-refractivity contribution in [3.63, 3.8) is 0 Å². The summed E-state index contributed by atoms with van der Waals surface area (Å²) >= 11 is 0. The second-order valence-electron chi connectivity index (χ2n) is 3.88. The van der Waals surface area contributed by atoms with E-state index in [0.29, 0.717) is 5.92 Å². The Morgan fingerprint density at radius 1 is 1.50 bits per heavy atom. The molecule has 0 aliphatic carbocycles. The number of benzene rings is 1. The summed E-state index contributed by atoms with van der Waals surface area (Å²) in [5.41, 5.74) is 0.852. The Morgan fingerprint density at radius 3 is 3.00 bits per heavy atom. The zero-order valence-electron chi connectivity index (χ0n) is 9.28. The third-order valence-corrected chi connectivity index (χ3v) is 2.70. The second kappa shape index (κ2) is 5.12. The first kappa shape index (κ1) is 11.1. The van der Waals surface area contributed by atoms with Gasteiger partial charge in [0.05, 0.1) is 13.7 Å². The normalized spacial score (nSPS) is 20.5. The first-order valence-corrected chi connectivity index (χ1v) is 5.39. The largest absolute Gasteiger partial charge is 0.494 e. The minimum Gasteiger partial charge on any atom is -0.494 e. The minimum atomic E-state index is -0.327. The van der Waals surface area contributed by atoms with Gasteiger partial charge in [-0.15, -0.1) is 0 Å². The molecule has 0 bridgehead atoms. The van der Waals surface area contributed by atoms with E-state index in [2.05, 4.69) is 6.08 Å². The number of halogens is 1. The van der Waals surface area contributed by atoms with Gasteiger partial charge in [0.1, 0.15) is 0 Å². The summed E-state index contributed by atoms with van der Waals surface area (Å²) in [5, 5.41) is 0. The fourth-order valence-corrected chi connectivity index (χ4v) is 1.74. The first-order chi connectivity index (χ1) is 7.79. The van der Waals surface area contributed by atoms with Crippen molar-refractivity contribution in [1.82, 2.24) is 0 Å². The molecular formula is C13H15FO2. The van der Waals surface area contributed by atoms with Gasteiger partial charge < -0.3 is 9.47 Å². The molecule has 1 aliphatic heterocycles. The molecule has 3 heteroatoms. The summed E-state index contributed by atoms with van der Waals surface area (Å²) in [5.74, 6) is 0.416. The maximum absolute atomic E-state index is 13.4. The third kappa shape index (κ3) is 2.61. The van der Waals surface area contributed by atoms with Gasteiger partial charge in [0, 0.05) is 12.5 Å². The smallest absolute Gasteiger partial charge is 0.165 e.